The van der Waals surface area contributed by atoms with Gasteiger partial charge in [-0.2, -0.15) is 26.3 Å². The van der Waals surface area contributed by atoms with Gasteiger partial charge in [-0.25, -0.2) is 4.98 Å². The van der Waals surface area contributed by atoms with Crippen LogP contribution in [0.3, 0.4) is 0 Å². The quantitative estimate of drug-likeness (QED) is 0.473. The van der Waals surface area contributed by atoms with Crippen molar-refractivity contribution in [3.8, 4) is 0 Å². The van der Waals surface area contributed by atoms with Crippen LogP contribution in [-0.2, 0) is 25.4 Å². The summed E-state index contributed by atoms with van der Waals surface area (Å²) in [7, 11) is 0. The molecule has 1 unspecified atom stereocenters. The van der Waals surface area contributed by atoms with E-state index in [1.165, 1.54) is 0 Å². The molecule has 2 heterocycles. The van der Waals surface area contributed by atoms with E-state index in [9.17, 15) is 26.3 Å². The van der Waals surface area contributed by atoms with Gasteiger partial charge in [-0.3, -0.25) is 4.90 Å². The molecule has 1 aromatic heterocycles. The van der Waals surface area contributed by atoms with Crippen molar-refractivity contribution in [1.82, 2.24) is 14.5 Å². The topological polar surface area (TPSA) is 21.1 Å². The Morgan fingerprint density at radius 3 is 2.13 bits per heavy atom. The average Bonchev–Trinajstić information content (AvgIpc) is 3.08. The molecule has 0 fully saturated rings. The Hall–Kier alpha value is -2.81. The van der Waals surface area contributed by atoms with Crippen molar-refractivity contribution < 1.29 is 26.3 Å². The third kappa shape index (κ3) is 4.61. The monoisotopic (exact) mass is 439 g/mol. The van der Waals surface area contributed by atoms with Crippen molar-refractivity contribution in [2.24, 2.45) is 0 Å². The highest BCUT2D eigenvalue weighted by molar-refractivity contribution is 5.35. The van der Waals surface area contributed by atoms with E-state index in [0.717, 1.165) is 23.4 Å². The van der Waals surface area contributed by atoms with Crippen LogP contribution in [0.5, 0.6) is 0 Å². The van der Waals surface area contributed by atoms with Gasteiger partial charge in [-0.1, -0.05) is 30.3 Å². The van der Waals surface area contributed by atoms with Gasteiger partial charge in [0.25, 0.3) is 0 Å². The first kappa shape index (κ1) is 21.4. The van der Waals surface area contributed by atoms with Crippen molar-refractivity contribution in [2.45, 2.75) is 37.9 Å². The molecule has 3 aromatic rings. The molecule has 0 aliphatic carbocycles. The van der Waals surface area contributed by atoms with Crippen molar-refractivity contribution in [2.75, 3.05) is 6.54 Å². The van der Waals surface area contributed by atoms with Gasteiger partial charge in [-0.05, 0) is 35.7 Å². The van der Waals surface area contributed by atoms with E-state index in [4.69, 9.17) is 0 Å². The van der Waals surface area contributed by atoms with Crippen LogP contribution < -0.4 is 0 Å². The zero-order valence-corrected chi connectivity index (χ0v) is 16.3. The molecule has 1 atom stereocenters. The number of alkyl halides is 6. The Balaban J connectivity index is 1.77. The second-order valence-corrected chi connectivity index (χ2v) is 7.56. The molecule has 3 nitrogen and oxygen atoms in total. The summed E-state index contributed by atoms with van der Waals surface area (Å²) in [6.45, 7) is 1.13. The molecule has 2 aromatic carbocycles. The van der Waals surface area contributed by atoms with Gasteiger partial charge in [0.15, 0.2) is 0 Å². The third-order valence-corrected chi connectivity index (χ3v) is 5.38. The summed E-state index contributed by atoms with van der Waals surface area (Å²) in [4.78, 5) is 6.10. The Kier molecular flexibility index (Phi) is 5.55. The molecule has 9 heteroatoms. The van der Waals surface area contributed by atoms with Gasteiger partial charge in [0.2, 0.25) is 0 Å². The minimum absolute atomic E-state index is 0.0314. The summed E-state index contributed by atoms with van der Waals surface area (Å²) >= 11 is 0. The first-order chi connectivity index (χ1) is 14.6. The molecular weight excluding hydrogens is 420 g/mol. The van der Waals surface area contributed by atoms with E-state index in [-0.39, 0.29) is 24.2 Å². The molecule has 1 aliphatic heterocycles. The predicted molar refractivity (Wildman–Crippen MR) is 102 cm³/mol. The number of aromatic nitrogens is 2. The summed E-state index contributed by atoms with van der Waals surface area (Å²) in [5, 5.41) is 0. The van der Waals surface area contributed by atoms with Crippen molar-refractivity contribution >= 4 is 0 Å². The van der Waals surface area contributed by atoms with Crippen LogP contribution >= 0.6 is 0 Å². The fourth-order valence-electron chi connectivity index (χ4n) is 4.04. The van der Waals surface area contributed by atoms with E-state index in [0.29, 0.717) is 19.5 Å². The Bertz CT molecular complexity index is 1010. The minimum atomic E-state index is -4.87. The van der Waals surface area contributed by atoms with Crippen LogP contribution in [0.25, 0.3) is 0 Å². The number of hydrogen-bond acceptors (Lipinski definition) is 2. The lowest BCUT2D eigenvalue weighted by atomic mass is 10.00. The molecule has 4 rings (SSSR count). The first-order valence-corrected chi connectivity index (χ1v) is 9.70. The lowest BCUT2D eigenvalue weighted by molar-refractivity contribution is -0.143. The van der Waals surface area contributed by atoms with Crippen LogP contribution in [0, 0.1) is 0 Å². The van der Waals surface area contributed by atoms with Crippen molar-refractivity contribution in [3.05, 3.63) is 89.0 Å². The Labute approximate surface area is 174 Å². The van der Waals surface area contributed by atoms with Crippen LogP contribution in [0.4, 0.5) is 26.3 Å². The van der Waals surface area contributed by atoms with Gasteiger partial charge >= 0.3 is 12.4 Å². The molecule has 0 amide bonds. The summed E-state index contributed by atoms with van der Waals surface area (Å²) < 4.78 is 81.7. The molecule has 0 N–H and O–H groups in total. The number of aryl methyl sites for hydroxylation is 1. The van der Waals surface area contributed by atoms with Gasteiger partial charge in [0.1, 0.15) is 0 Å². The highest BCUT2D eigenvalue weighted by atomic mass is 19.4. The SMILES string of the molecule is FC(F)(F)c1cc(CN2CCCn3cncc3C2c2ccccc2)cc(C(F)(F)F)c1. The molecule has 0 spiro atoms. The highest BCUT2D eigenvalue weighted by Gasteiger charge is 2.37. The number of rotatable bonds is 3. The van der Waals surface area contributed by atoms with Crippen LogP contribution in [-0.4, -0.2) is 21.0 Å². The maximum Gasteiger partial charge on any atom is 0.416 e. The second kappa shape index (κ2) is 8.03. The normalized spacial score (nSPS) is 17.9. The first-order valence-electron chi connectivity index (χ1n) is 9.70. The van der Waals surface area contributed by atoms with Crippen molar-refractivity contribution in [3.63, 3.8) is 0 Å². The number of fused-ring (bicyclic) bond motifs is 1. The summed E-state index contributed by atoms with van der Waals surface area (Å²) in [5.74, 6) is 0. The average molecular weight is 439 g/mol. The van der Waals surface area contributed by atoms with E-state index in [1.807, 2.05) is 39.8 Å². The zero-order valence-electron chi connectivity index (χ0n) is 16.3. The maximum atomic E-state index is 13.3. The molecule has 0 bridgehead atoms. The molecule has 0 saturated carbocycles. The number of halogens is 6. The summed E-state index contributed by atoms with van der Waals surface area (Å²) in [5.41, 5.74) is -0.876. The Morgan fingerprint density at radius 2 is 1.52 bits per heavy atom. The zero-order chi connectivity index (χ0) is 22.2. The third-order valence-electron chi connectivity index (χ3n) is 5.38. The van der Waals surface area contributed by atoms with E-state index < -0.39 is 23.5 Å². The lowest BCUT2D eigenvalue weighted by Gasteiger charge is -2.30. The maximum absolute atomic E-state index is 13.3. The molecule has 1 aliphatic rings. The summed E-state index contributed by atoms with van der Waals surface area (Å²) in [6, 6.07) is 10.8. The Morgan fingerprint density at radius 1 is 0.871 bits per heavy atom. The fourth-order valence-corrected chi connectivity index (χ4v) is 4.04. The van der Waals surface area contributed by atoms with E-state index in [2.05, 4.69) is 4.98 Å². The molecule has 164 valence electrons. The van der Waals surface area contributed by atoms with Gasteiger partial charge in [0.05, 0.1) is 35.4 Å². The number of nitrogens with zero attached hydrogens (tertiary/aromatic N) is 3. The lowest BCUT2D eigenvalue weighted by Crippen LogP contribution is -2.29. The molecule has 31 heavy (non-hydrogen) atoms. The second-order valence-electron chi connectivity index (χ2n) is 7.56. The number of hydrogen-bond donors (Lipinski definition) is 0. The predicted octanol–water partition coefficient (Wildman–Crippen LogP) is 5.92. The van der Waals surface area contributed by atoms with E-state index >= 15 is 0 Å². The largest absolute Gasteiger partial charge is 0.416 e. The van der Waals surface area contributed by atoms with E-state index in [1.54, 1.807) is 12.5 Å². The summed E-state index contributed by atoms with van der Waals surface area (Å²) in [6.07, 6.45) is -5.65. The molecule has 0 radical (unpaired) electrons. The van der Waals surface area contributed by atoms with Gasteiger partial charge < -0.3 is 4.57 Å². The number of imidazole rings is 1. The standard InChI is InChI=1S/C22H19F6N3/c23-21(24,25)17-9-15(10-18(11-17)22(26,27)28)13-30-7-4-8-31-14-29-12-19(31)20(30)16-5-2-1-3-6-16/h1-3,5-6,9-12,14,20H,4,7-8,13H2. The van der Waals surface area contributed by atoms with Crippen LogP contribution in [0.15, 0.2) is 61.1 Å². The minimum Gasteiger partial charge on any atom is -0.333 e. The molecule has 0 saturated heterocycles. The van der Waals surface area contributed by atoms with Gasteiger partial charge in [0, 0.05) is 19.6 Å². The smallest absolute Gasteiger partial charge is 0.333 e. The highest BCUT2D eigenvalue weighted by Crippen LogP contribution is 2.38. The number of benzene rings is 2. The van der Waals surface area contributed by atoms with Crippen molar-refractivity contribution in [1.29, 1.82) is 0 Å². The van der Waals surface area contributed by atoms with Gasteiger partial charge in [-0.15, -0.1) is 0 Å². The fraction of sp³-hybridized carbons (Fsp3) is 0.318. The van der Waals surface area contributed by atoms with Crippen LogP contribution in [0.2, 0.25) is 0 Å². The van der Waals surface area contributed by atoms with Crippen LogP contribution in [0.1, 0.15) is 40.4 Å². The molecular formula is C22H19F6N3.